The van der Waals surface area contributed by atoms with Gasteiger partial charge in [0.1, 0.15) is 5.82 Å². The summed E-state index contributed by atoms with van der Waals surface area (Å²) in [5.74, 6) is -0.185. The van der Waals surface area contributed by atoms with Gasteiger partial charge in [0.15, 0.2) is 6.61 Å². The molecular formula is C17H21N3O3S. The molecule has 7 heteroatoms. The second-order valence-electron chi connectivity index (χ2n) is 6.14. The second-order valence-corrected chi connectivity index (χ2v) is 7.10. The molecule has 0 spiro atoms. The number of anilines is 1. The number of nitrogens with zero attached hydrogens (tertiary/aromatic N) is 2. The van der Waals surface area contributed by atoms with E-state index in [2.05, 4.69) is 10.4 Å². The van der Waals surface area contributed by atoms with Gasteiger partial charge in [-0.2, -0.15) is 5.10 Å². The molecule has 24 heavy (non-hydrogen) atoms. The molecule has 1 aliphatic rings. The predicted octanol–water partition coefficient (Wildman–Crippen LogP) is 3.20. The summed E-state index contributed by atoms with van der Waals surface area (Å²) in [7, 11) is 0. The lowest BCUT2D eigenvalue weighted by Gasteiger charge is -2.13. The zero-order valence-electron chi connectivity index (χ0n) is 13.9. The Morgan fingerprint density at radius 2 is 2.17 bits per heavy atom. The average Bonchev–Trinajstić information content (AvgIpc) is 3.19. The highest BCUT2D eigenvalue weighted by Gasteiger charge is 2.21. The predicted molar refractivity (Wildman–Crippen MR) is 92.5 cm³/mol. The largest absolute Gasteiger partial charge is 0.452 e. The molecule has 0 bridgehead atoms. The number of hydrogen-bond donors (Lipinski definition) is 1. The number of nitrogens with one attached hydrogen (secondary N) is 1. The number of hydrogen-bond acceptors (Lipinski definition) is 5. The first kappa shape index (κ1) is 16.7. The summed E-state index contributed by atoms with van der Waals surface area (Å²) in [5.41, 5.74) is 1.73. The van der Waals surface area contributed by atoms with Crippen LogP contribution in [-0.2, 0) is 22.4 Å². The van der Waals surface area contributed by atoms with Crippen LogP contribution in [0.2, 0.25) is 0 Å². The monoisotopic (exact) mass is 347 g/mol. The number of aromatic nitrogens is 2. The van der Waals surface area contributed by atoms with Gasteiger partial charge in [-0.3, -0.25) is 4.79 Å². The van der Waals surface area contributed by atoms with Crippen molar-refractivity contribution in [1.82, 2.24) is 9.78 Å². The summed E-state index contributed by atoms with van der Waals surface area (Å²) in [4.78, 5) is 25.5. The molecule has 128 valence electrons. The number of aryl methyl sites for hydroxylation is 1. The molecule has 0 aliphatic heterocycles. The van der Waals surface area contributed by atoms with E-state index in [9.17, 15) is 9.59 Å². The van der Waals surface area contributed by atoms with Crippen LogP contribution in [-0.4, -0.2) is 28.3 Å². The van der Waals surface area contributed by atoms with Crippen LogP contribution in [0.25, 0.3) is 0 Å². The quantitative estimate of drug-likeness (QED) is 0.843. The molecule has 0 unspecified atom stereocenters. The van der Waals surface area contributed by atoms with Crippen molar-refractivity contribution in [2.24, 2.45) is 0 Å². The zero-order chi connectivity index (χ0) is 17.1. The Kier molecular flexibility index (Phi) is 4.99. The van der Waals surface area contributed by atoms with Crippen LogP contribution < -0.4 is 5.32 Å². The van der Waals surface area contributed by atoms with Crippen LogP contribution in [0.1, 0.15) is 53.5 Å². The van der Waals surface area contributed by atoms with Crippen LogP contribution in [0.4, 0.5) is 5.82 Å². The van der Waals surface area contributed by atoms with Crippen molar-refractivity contribution in [3.05, 3.63) is 33.6 Å². The third-order valence-corrected chi connectivity index (χ3v) is 5.13. The molecule has 0 saturated heterocycles. The number of rotatable bonds is 5. The molecule has 0 radical (unpaired) electrons. The third kappa shape index (κ3) is 3.51. The van der Waals surface area contributed by atoms with Crippen molar-refractivity contribution in [2.75, 3.05) is 11.9 Å². The maximum Gasteiger partial charge on any atom is 0.339 e. The van der Waals surface area contributed by atoms with Crippen LogP contribution in [0, 0.1) is 0 Å². The number of fused-ring (bicyclic) bond motifs is 1. The van der Waals surface area contributed by atoms with Gasteiger partial charge in [0.05, 0.1) is 11.8 Å². The van der Waals surface area contributed by atoms with E-state index in [1.54, 1.807) is 28.3 Å². The molecule has 2 aromatic heterocycles. The Labute approximate surface area is 144 Å². The SMILES string of the molecule is CC(C)n1nccc1NC(=O)COC(=O)c1csc2c1CCCC2. The van der Waals surface area contributed by atoms with Crippen LogP contribution in [0.15, 0.2) is 17.6 Å². The van der Waals surface area contributed by atoms with E-state index >= 15 is 0 Å². The van der Waals surface area contributed by atoms with Crippen molar-refractivity contribution in [3.63, 3.8) is 0 Å². The Balaban J connectivity index is 1.57. The maximum atomic E-state index is 12.2. The van der Waals surface area contributed by atoms with Gasteiger partial charge >= 0.3 is 5.97 Å². The zero-order valence-corrected chi connectivity index (χ0v) is 14.7. The second kappa shape index (κ2) is 7.17. The number of esters is 1. The van der Waals surface area contributed by atoms with Crippen molar-refractivity contribution in [1.29, 1.82) is 0 Å². The Hall–Kier alpha value is -2.15. The van der Waals surface area contributed by atoms with E-state index in [1.807, 2.05) is 19.2 Å². The fraction of sp³-hybridized carbons (Fsp3) is 0.471. The minimum Gasteiger partial charge on any atom is -0.452 e. The maximum absolute atomic E-state index is 12.2. The molecule has 6 nitrogen and oxygen atoms in total. The van der Waals surface area contributed by atoms with Gasteiger partial charge in [-0.05, 0) is 45.1 Å². The van der Waals surface area contributed by atoms with Crippen molar-refractivity contribution >= 4 is 29.0 Å². The molecule has 2 heterocycles. The lowest BCUT2D eigenvalue weighted by Crippen LogP contribution is -2.23. The number of thiophene rings is 1. The lowest BCUT2D eigenvalue weighted by atomic mass is 9.96. The summed E-state index contributed by atoms with van der Waals surface area (Å²) < 4.78 is 6.89. The molecule has 1 amide bonds. The van der Waals surface area contributed by atoms with Gasteiger partial charge in [-0.15, -0.1) is 11.3 Å². The summed E-state index contributed by atoms with van der Waals surface area (Å²) >= 11 is 1.61. The van der Waals surface area contributed by atoms with Gasteiger partial charge in [0.25, 0.3) is 5.91 Å². The summed E-state index contributed by atoms with van der Waals surface area (Å²) in [5, 5.41) is 8.72. The Bertz CT molecular complexity index is 748. The molecule has 2 aromatic rings. The standard InChI is InChI=1S/C17H21N3O3S/c1-11(2)20-15(7-8-18-20)19-16(21)9-23-17(22)13-10-24-14-6-4-3-5-12(13)14/h7-8,10-11H,3-6,9H2,1-2H3,(H,19,21). The Morgan fingerprint density at radius 3 is 2.96 bits per heavy atom. The molecule has 1 aliphatic carbocycles. The molecule has 3 rings (SSSR count). The molecule has 0 saturated carbocycles. The molecule has 0 aromatic carbocycles. The highest BCUT2D eigenvalue weighted by Crippen LogP contribution is 2.30. The smallest absolute Gasteiger partial charge is 0.339 e. The van der Waals surface area contributed by atoms with Crippen molar-refractivity contribution in [3.8, 4) is 0 Å². The van der Waals surface area contributed by atoms with Crippen LogP contribution in [0.5, 0.6) is 0 Å². The van der Waals surface area contributed by atoms with Crippen LogP contribution in [0.3, 0.4) is 0 Å². The van der Waals surface area contributed by atoms with Gasteiger partial charge in [0.2, 0.25) is 0 Å². The van der Waals surface area contributed by atoms with E-state index in [0.717, 1.165) is 24.8 Å². The number of amides is 1. The first-order valence-electron chi connectivity index (χ1n) is 8.16. The summed E-state index contributed by atoms with van der Waals surface area (Å²) in [6.07, 6.45) is 5.85. The fourth-order valence-electron chi connectivity index (χ4n) is 2.88. The van der Waals surface area contributed by atoms with Gasteiger partial charge in [0, 0.05) is 22.4 Å². The summed E-state index contributed by atoms with van der Waals surface area (Å²) in [6, 6.07) is 1.85. The van der Waals surface area contributed by atoms with Gasteiger partial charge in [-0.25, -0.2) is 9.48 Å². The molecule has 0 atom stereocenters. The Morgan fingerprint density at radius 1 is 1.38 bits per heavy atom. The van der Waals surface area contributed by atoms with E-state index in [4.69, 9.17) is 4.74 Å². The highest BCUT2D eigenvalue weighted by atomic mass is 32.1. The van der Waals surface area contributed by atoms with Crippen LogP contribution >= 0.6 is 11.3 Å². The fourth-order valence-corrected chi connectivity index (χ4v) is 3.99. The molecular weight excluding hydrogens is 326 g/mol. The van der Waals surface area contributed by atoms with Crippen molar-refractivity contribution in [2.45, 2.75) is 45.6 Å². The third-order valence-electron chi connectivity index (χ3n) is 4.04. The van der Waals surface area contributed by atoms with E-state index in [1.165, 1.54) is 11.3 Å². The minimum absolute atomic E-state index is 0.134. The van der Waals surface area contributed by atoms with Gasteiger partial charge < -0.3 is 10.1 Å². The number of carbonyl (C=O) groups is 2. The molecule has 0 fully saturated rings. The lowest BCUT2D eigenvalue weighted by molar-refractivity contribution is -0.119. The average molecular weight is 347 g/mol. The van der Waals surface area contributed by atoms with Crippen molar-refractivity contribution < 1.29 is 14.3 Å². The van der Waals surface area contributed by atoms with E-state index in [-0.39, 0.29) is 18.6 Å². The first-order valence-corrected chi connectivity index (χ1v) is 9.04. The van der Waals surface area contributed by atoms with Gasteiger partial charge in [-0.1, -0.05) is 0 Å². The normalized spacial score (nSPS) is 13.6. The minimum atomic E-state index is -0.415. The van der Waals surface area contributed by atoms with E-state index in [0.29, 0.717) is 11.4 Å². The topological polar surface area (TPSA) is 73.2 Å². The molecule has 1 N–H and O–H groups in total. The summed E-state index contributed by atoms with van der Waals surface area (Å²) in [6.45, 7) is 3.65. The first-order chi connectivity index (χ1) is 11.6. The number of carbonyl (C=O) groups excluding carboxylic acids is 2. The number of ether oxygens (including phenoxy) is 1. The highest BCUT2D eigenvalue weighted by molar-refractivity contribution is 7.10. The van der Waals surface area contributed by atoms with E-state index < -0.39 is 5.97 Å².